The highest BCUT2D eigenvalue weighted by molar-refractivity contribution is 5.90. The normalized spacial score (nSPS) is 21.2. The van der Waals surface area contributed by atoms with Crippen LogP contribution < -0.4 is 4.90 Å². The number of carbonyl (C=O) groups excluding carboxylic acids is 1. The minimum absolute atomic E-state index is 0.337. The Morgan fingerprint density at radius 3 is 2.31 bits per heavy atom. The lowest BCUT2D eigenvalue weighted by atomic mass is 9.81. The molecule has 2 heterocycles. The second-order valence-electron chi connectivity index (χ2n) is 7.44. The second kappa shape index (κ2) is 7.24. The molecule has 0 saturated heterocycles. The Bertz CT molecular complexity index is 1050. The first kappa shape index (κ1) is 19.0. The Labute approximate surface area is 170 Å². The predicted molar refractivity (Wildman–Crippen MR) is 112 cm³/mol. The van der Waals surface area contributed by atoms with Crippen molar-refractivity contribution < 1.29 is 18.5 Å². The van der Waals surface area contributed by atoms with E-state index in [-0.39, 0.29) is 5.97 Å². The number of benzene rings is 2. The third-order valence-electron chi connectivity index (χ3n) is 5.60. The molecule has 0 radical (unpaired) electrons. The summed E-state index contributed by atoms with van der Waals surface area (Å²) in [5, 5.41) is 0. The van der Waals surface area contributed by atoms with Gasteiger partial charge < -0.3 is 9.15 Å². The fourth-order valence-electron chi connectivity index (χ4n) is 4.20. The molecule has 3 aromatic rings. The third kappa shape index (κ3) is 2.94. The summed E-state index contributed by atoms with van der Waals surface area (Å²) in [6, 6.07) is 21.4. The number of methoxy groups -OCH3 is 1. The van der Waals surface area contributed by atoms with Crippen LogP contribution in [0.2, 0.25) is 0 Å². The van der Waals surface area contributed by atoms with Gasteiger partial charge in [0.25, 0.3) is 5.54 Å². The topological polar surface area (TPSA) is 45.7 Å². The maximum absolute atomic E-state index is 13.4. The zero-order valence-corrected chi connectivity index (χ0v) is 17.1. The highest BCUT2D eigenvalue weighted by Gasteiger charge is 2.64. The fraction of sp³-hybridized carbons (Fsp3) is 0.250. The fourth-order valence-corrected chi connectivity index (χ4v) is 4.20. The molecule has 5 heteroatoms. The van der Waals surface area contributed by atoms with E-state index in [1.54, 1.807) is 0 Å². The van der Waals surface area contributed by atoms with E-state index in [0.717, 1.165) is 17.0 Å². The van der Waals surface area contributed by atoms with E-state index in [1.807, 2.05) is 67.4 Å². The minimum atomic E-state index is -1.09. The van der Waals surface area contributed by atoms with Crippen LogP contribution in [0, 0.1) is 13.8 Å². The highest BCUT2D eigenvalue weighted by Crippen LogP contribution is 2.47. The van der Waals surface area contributed by atoms with Crippen LogP contribution in [-0.2, 0) is 15.1 Å². The number of rotatable bonds is 4. The Kier molecular flexibility index (Phi) is 4.74. The van der Waals surface area contributed by atoms with Crippen LogP contribution in [0.25, 0.3) is 0 Å². The number of nitrogens with zero attached hydrogens (tertiary/aromatic N) is 2. The van der Waals surface area contributed by atoms with Gasteiger partial charge in [0.1, 0.15) is 11.4 Å². The zero-order chi connectivity index (χ0) is 20.6. The molecular weight excluding hydrogens is 364 g/mol. The summed E-state index contributed by atoms with van der Waals surface area (Å²) in [5.74, 6) is 1.17. The number of likely N-dealkylation sites (N-methyl/N-ethyl adjacent to an activating group) is 1. The third-order valence-corrected chi connectivity index (χ3v) is 5.60. The van der Waals surface area contributed by atoms with Crippen molar-refractivity contribution >= 4 is 18.0 Å². The van der Waals surface area contributed by atoms with Crippen molar-refractivity contribution in [2.75, 3.05) is 19.1 Å². The maximum atomic E-state index is 13.4. The Morgan fingerprint density at radius 2 is 1.72 bits per heavy atom. The number of furan rings is 1. The maximum Gasteiger partial charge on any atom is 0.364 e. The standard InChI is InChI=1S/C24H25N2O3/c1-17-10-13-20(14-11-17)26-16-25(3)24(23(27)28-4,19-8-6-5-7-9-19)22(26)21-15-12-18(2)29-21/h5-16,22H,1-4H3/q+1. The van der Waals surface area contributed by atoms with Gasteiger partial charge in [-0.2, -0.15) is 0 Å². The summed E-state index contributed by atoms with van der Waals surface area (Å²) in [7, 11) is 3.33. The lowest BCUT2D eigenvalue weighted by Gasteiger charge is -2.31. The molecule has 1 aliphatic rings. The first-order valence-corrected chi connectivity index (χ1v) is 9.61. The van der Waals surface area contributed by atoms with E-state index >= 15 is 0 Å². The van der Waals surface area contributed by atoms with E-state index in [0.29, 0.717) is 5.76 Å². The number of esters is 1. The van der Waals surface area contributed by atoms with Gasteiger partial charge in [-0.15, -0.1) is 0 Å². The van der Waals surface area contributed by atoms with Crippen LogP contribution >= 0.6 is 0 Å². The summed E-state index contributed by atoms with van der Waals surface area (Å²) in [5.41, 5.74) is 1.90. The SMILES string of the molecule is COC(=O)C1(c2ccccc2)C(c2ccc(C)o2)N(c2ccc(C)cc2)C=[N+]1C. The lowest BCUT2D eigenvalue weighted by Crippen LogP contribution is -2.49. The van der Waals surface area contributed by atoms with E-state index in [2.05, 4.69) is 36.1 Å². The Hall–Kier alpha value is -3.34. The van der Waals surface area contributed by atoms with Crippen molar-refractivity contribution in [3.05, 3.63) is 89.4 Å². The molecule has 0 spiro atoms. The van der Waals surface area contributed by atoms with Crippen molar-refractivity contribution in [3.63, 3.8) is 0 Å². The molecule has 0 bridgehead atoms. The molecule has 29 heavy (non-hydrogen) atoms. The van der Waals surface area contributed by atoms with Gasteiger partial charge in [0.05, 0.1) is 14.2 Å². The molecule has 1 aromatic heterocycles. The first-order chi connectivity index (χ1) is 14.0. The average molecular weight is 389 g/mol. The molecule has 0 aliphatic carbocycles. The van der Waals surface area contributed by atoms with Gasteiger partial charge >= 0.3 is 5.97 Å². The molecular formula is C24H25N2O3+. The molecule has 2 atom stereocenters. The molecule has 0 amide bonds. The molecule has 0 fully saturated rings. The summed E-state index contributed by atoms with van der Waals surface area (Å²) in [6.07, 6.45) is 1.96. The smallest absolute Gasteiger partial charge is 0.364 e. The van der Waals surface area contributed by atoms with Crippen molar-refractivity contribution in [2.24, 2.45) is 0 Å². The molecule has 2 aromatic carbocycles. The number of anilines is 1. The van der Waals surface area contributed by atoms with Gasteiger partial charge in [0.2, 0.25) is 12.4 Å². The van der Waals surface area contributed by atoms with E-state index in [1.165, 1.54) is 12.7 Å². The predicted octanol–water partition coefficient (Wildman–Crippen LogP) is 4.20. The quantitative estimate of drug-likeness (QED) is 0.496. The zero-order valence-electron chi connectivity index (χ0n) is 17.1. The van der Waals surface area contributed by atoms with Gasteiger partial charge in [0, 0.05) is 5.56 Å². The van der Waals surface area contributed by atoms with Gasteiger partial charge in [-0.3, -0.25) is 0 Å². The van der Waals surface area contributed by atoms with Gasteiger partial charge in [-0.1, -0.05) is 48.0 Å². The molecule has 4 rings (SSSR count). The Morgan fingerprint density at radius 1 is 1.03 bits per heavy atom. The van der Waals surface area contributed by atoms with Crippen molar-refractivity contribution in [3.8, 4) is 0 Å². The molecule has 5 nitrogen and oxygen atoms in total. The van der Waals surface area contributed by atoms with Gasteiger partial charge in [-0.05, 0) is 38.1 Å². The summed E-state index contributed by atoms with van der Waals surface area (Å²) in [4.78, 5) is 15.5. The van der Waals surface area contributed by atoms with Crippen LogP contribution in [0.4, 0.5) is 5.69 Å². The molecule has 0 saturated carbocycles. The molecule has 0 N–H and O–H groups in total. The monoisotopic (exact) mass is 389 g/mol. The molecule has 148 valence electrons. The van der Waals surface area contributed by atoms with Crippen LogP contribution in [0.3, 0.4) is 0 Å². The highest BCUT2D eigenvalue weighted by atomic mass is 16.5. The van der Waals surface area contributed by atoms with Crippen LogP contribution in [0.15, 0.2) is 71.1 Å². The summed E-state index contributed by atoms with van der Waals surface area (Å²) >= 11 is 0. The lowest BCUT2D eigenvalue weighted by molar-refractivity contribution is -0.569. The van der Waals surface area contributed by atoms with Crippen LogP contribution in [-0.4, -0.2) is 31.0 Å². The molecule has 1 aliphatic heterocycles. The second-order valence-corrected chi connectivity index (χ2v) is 7.44. The number of hydrogen-bond acceptors (Lipinski definition) is 4. The number of aryl methyl sites for hydroxylation is 2. The number of hydrogen-bond donors (Lipinski definition) is 0. The van der Waals surface area contributed by atoms with Crippen molar-refractivity contribution in [2.45, 2.75) is 25.4 Å². The van der Waals surface area contributed by atoms with Gasteiger partial charge in [-0.25, -0.2) is 14.3 Å². The van der Waals surface area contributed by atoms with E-state index < -0.39 is 11.6 Å². The first-order valence-electron chi connectivity index (χ1n) is 9.61. The largest absolute Gasteiger partial charge is 0.465 e. The van der Waals surface area contributed by atoms with E-state index in [9.17, 15) is 4.79 Å². The summed E-state index contributed by atoms with van der Waals surface area (Å²) < 4.78 is 13.3. The van der Waals surface area contributed by atoms with Crippen molar-refractivity contribution in [1.82, 2.24) is 0 Å². The number of carbonyl (C=O) groups is 1. The average Bonchev–Trinajstić information content (AvgIpc) is 3.29. The molecule has 2 unspecified atom stereocenters. The van der Waals surface area contributed by atoms with Crippen LogP contribution in [0.1, 0.15) is 28.7 Å². The van der Waals surface area contributed by atoms with Crippen molar-refractivity contribution in [1.29, 1.82) is 0 Å². The minimum Gasteiger partial charge on any atom is -0.465 e. The van der Waals surface area contributed by atoms with Crippen LogP contribution in [0.5, 0.6) is 0 Å². The number of ether oxygens (including phenoxy) is 1. The van der Waals surface area contributed by atoms with Gasteiger partial charge in [0.15, 0.2) is 5.76 Å². The Balaban J connectivity index is 1.99. The van der Waals surface area contributed by atoms with E-state index in [4.69, 9.17) is 9.15 Å². The summed E-state index contributed by atoms with van der Waals surface area (Å²) in [6.45, 7) is 3.96.